The minimum Gasteiger partial charge on any atom is -0.378 e. The van der Waals surface area contributed by atoms with E-state index < -0.39 is 0 Å². The number of carbonyl (C=O) groups is 4. The van der Waals surface area contributed by atoms with Crippen LogP contribution in [0.5, 0.6) is 0 Å². The summed E-state index contributed by atoms with van der Waals surface area (Å²) in [5.41, 5.74) is 8.60. The Balaban J connectivity index is 0.000000152. The van der Waals surface area contributed by atoms with Crippen LogP contribution in [0.3, 0.4) is 0 Å². The highest BCUT2D eigenvalue weighted by Crippen LogP contribution is 2.54. The monoisotopic (exact) mass is 970 g/mol. The molecule has 0 radical (unpaired) electrons. The fraction of sp³-hybridized carbons (Fsp3) is 0.379. The van der Waals surface area contributed by atoms with Crippen molar-refractivity contribution in [2.75, 3.05) is 23.7 Å². The predicted octanol–water partition coefficient (Wildman–Crippen LogP) is 11.6. The van der Waals surface area contributed by atoms with Crippen LogP contribution in [-0.4, -0.2) is 58.6 Å². The SMILES string of the molecule is O=C(NC1CCCC[C@@H]1C(=O)N1CC[C@@H]2[C@H](c3ccsc3)Nc3ccccc3[C@@H]21)c1ccccc1.O=C(NC1CCCC[C@@H]1C(=O)N1CC[C@H]2[C@@H](c3ccsc3)Nc3ccccc3[C@H]21)c1ccccc1. The molecule has 6 heterocycles. The molecule has 2 saturated carbocycles. The molecular formula is C58H62N6O4S2. The molecule has 4 amide bonds. The van der Waals surface area contributed by atoms with Crippen molar-refractivity contribution in [2.45, 2.75) is 100 Å². The summed E-state index contributed by atoms with van der Waals surface area (Å²) >= 11 is 3.44. The maximum absolute atomic E-state index is 14.1. The lowest BCUT2D eigenvalue weighted by Crippen LogP contribution is -2.50. The van der Waals surface area contributed by atoms with Crippen LogP contribution in [0, 0.1) is 23.7 Å². The normalized spacial score (nSPS) is 27.4. The van der Waals surface area contributed by atoms with E-state index in [4.69, 9.17) is 0 Å². The lowest BCUT2D eigenvalue weighted by atomic mass is 9.79. The smallest absolute Gasteiger partial charge is 0.251 e. The quantitative estimate of drug-likeness (QED) is 0.120. The molecule has 6 aromatic rings. The maximum atomic E-state index is 14.1. The Kier molecular flexibility index (Phi) is 13.6. The van der Waals surface area contributed by atoms with Crippen LogP contribution in [0.25, 0.3) is 0 Å². The van der Waals surface area contributed by atoms with E-state index in [1.165, 1.54) is 22.3 Å². The Labute approximate surface area is 419 Å². The zero-order valence-electron chi connectivity index (χ0n) is 39.5. The molecule has 0 spiro atoms. The number of hydrogen-bond donors (Lipinski definition) is 4. The van der Waals surface area contributed by atoms with Gasteiger partial charge in [0, 0.05) is 59.5 Å². The van der Waals surface area contributed by atoms with Gasteiger partial charge in [0.15, 0.2) is 0 Å². The number of thiophene rings is 2. The second kappa shape index (κ2) is 20.6. The Bertz CT molecular complexity index is 2580. The van der Waals surface area contributed by atoms with Crippen molar-refractivity contribution in [2.24, 2.45) is 23.7 Å². The highest BCUT2D eigenvalue weighted by molar-refractivity contribution is 7.08. The van der Waals surface area contributed by atoms with Crippen molar-refractivity contribution in [3.63, 3.8) is 0 Å². The van der Waals surface area contributed by atoms with Crippen molar-refractivity contribution in [3.8, 4) is 0 Å². The van der Waals surface area contributed by atoms with Crippen molar-refractivity contribution >= 4 is 57.7 Å². The van der Waals surface area contributed by atoms with Crippen LogP contribution in [0.1, 0.15) is 131 Å². The first-order chi connectivity index (χ1) is 34.4. The lowest BCUT2D eigenvalue weighted by Gasteiger charge is -2.41. The molecule has 70 heavy (non-hydrogen) atoms. The van der Waals surface area contributed by atoms with Gasteiger partial charge in [0.05, 0.1) is 36.0 Å². The summed E-state index contributed by atoms with van der Waals surface area (Å²) in [6.45, 7) is 1.53. The number of fused-ring (bicyclic) bond motifs is 6. The number of hydrogen-bond acceptors (Lipinski definition) is 8. The van der Waals surface area contributed by atoms with Crippen molar-refractivity contribution < 1.29 is 19.2 Å². The Morgan fingerprint density at radius 3 is 1.29 bits per heavy atom. The molecule has 4 fully saturated rings. The number of rotatable bonds is 8. The van der Waals surface area contributed by atoms with Crippen molar-refractivity contribution in [1.82, 2.24) is 20.4 Å². The molecule has 2 saturated heterocycles. The second-order valence-corrected chi connectivity index (χ2v) is 21.6. The number of likely N-dealkylation sites (tertiary alicyclic amines) is 2. The molecule has 6 aliphatic rings. The summed E-state index contributed by atoms with van der Waals surface area (Å²) in [6, 6.07) is 40.3. The highest BCUT2D eigenvalue weighted by atomic mass is 32.1. The van der Waals surface area contributed by atoms with E-state index >= 15 is 0 Å². The summed E-state index contributed by atoms with van der Waals surface area (Å²) in [7, 11) is 0. The molecule has 2 aromatic heterocycles. The Hall–Kier alpha value is -6.24. The molecular weight excluding hydrogens is 909 g/mol. The van der Waals surface area contributed by atoms with Crippen LogP contribution < -0.4 is 21.3 Å². The van der Waals surface area contributed by atoms with Gasteiger partial charge in [-0.1, -0.05) is 98.5 Å². The van der Waals surface area contributed by atoms with Gasteiger partial charge in [-0.25, -0.2) is 0 Å². The average Bonchev–Trinajstić information content (AvgIpc) is 4.28. The van der Waals surface area contributed by atoms with Gasteiger partial charge in [0.1, 0.15) is 0 Å². The summed E-state index contributed by atoms with van der Waals surface area (Å²) in [6.07, 6.45) is 9.49. The van der Waals surface area contributed by atoms with E-state index in [0.29, 0.717) is 23.0 Å². The van der Waals surface area contributed by atoms with E-state index in [1.807, 2.05) is 60.7 Å². The summed E-state index contributed by atoms with van der Waals surface area (Å²) in [4.78, 5) is 58.4. The average molecular weight is 971 g/mol. The molecule has 2 aliphatic carbocycles. The van der Waals surface area contributed by atoms with Crippen LogP contribution >= 0.6 is 22.7 Å². The number of anilines is 2. The van der Waals surface area contributed by atoms with Gasteiger partial charge >= 0.3 is 0 Å². The van der Waals surface area contributed by atoms with Crippen LogP contribution in [-0.2, 0) is 9.59 Å². The first kappa shape index (κ1) is 46.2. The van der Waals surface area contributed by atoms with Gasteiger partial charge in [0.2, 0.25) is 11.8 Å². The molecule has 10 atom stereocenters. The van der Waals surface area contributed by atoms with Gasteiger partial charge in [0.25, 0.3) is 11.8 Å². The zero-order chi connectivity index (χ0) is 47.6. The number of amides is 4. The van der Waals surface area contributed by atoms with E-state index in [9.17, 15) is 19.2 Å². The molecule has 4 N–H and O–H groups in total. The van der Waals surface area contributed by atoms with Crippen molar-refractivity contribution in [3.05, 3.63) is 176 Å². The largest absolute Gasteiger partial charge is 0.378 e. The van der Waals surface area contributed by atoms with Gasteiger partial charge in [-0.3, -0.25) is 19.2 Å². The van der Waals surface area contributed by atoms with Crippen LogP contribution in [0.15, 0.2) is 143 Å². The molecule has 4 aromatic carbocycles. The first-order valence-electron chi connectivity index (χ1n) is 25.5. The van der Waals surface area contributed by atoms with Crippen molar-refractivity contribution in [1.29, 1.82) is 0 Å². The van der Waals surface area contributed by atoms with Crippen LogP contribution in [0.2, 0.25) is 0 Å². The van der Waals surface area contributed by atoms with Gasteiger partial charge < -0.3 is 31.1 Å². The first-order valence-corrected chi connectivity index (χ1v) is 27.4. The highest BCUT2D eigenvalue weighted by Gasteiger charge is 2.50. The number of nitrogens with one attached hydrogen (secondary N) is 4. The maximum Gasteiger partial charge on any atom is 0.251 e. The van der Waals surface area contributed by atoms with Gasteiger partial charge in [-0.2, -0.15) is 22.7 Å². The number of benzene rings is 4. The third-order valence-corrected chi connectivity index (χ3v) is 17.6. The third-order valence-electron chi connectivity index (χ3n) is 16.2. The number of carbonyl (C=O) groups excluding carboxylic acids is 4. The van der Waals surface area contributed by atoms with Gasteiger partial charge in [-0.15, -0.1) is 0 Å². The predicted molar refractivity (Wildman–Crippen MR) is 279 cm³/mol. The zero-order valence-corrected chi connectivity index (χ0v) is 41.1. The molecule has 10 nitrogen and oxygen atoms in total. The van der Waals surface area contributed by atoms with E-state index in [0.717, 1.165) is 88.7 Å². The number of para-hydroxylation sites is 2. The van der Waals surface area contributed by atoms with Gasteiger partial charge in [-0.05, 0) is 131 Å². The molecule has 12 heteroatoms. The topological polar surface area (TPSA) is 123 Å². The van der Waals surface area contributed by atoms with E-state index in [2.05, 4.69) is 113 Å². The minimum absolute atomic E-state index is 0.0669. The molecule has 4 aliphatic heterocycles. The fourth-order valence-electron chi connectivity index (χ4n) is 12.8. The Morgan fingerprint density at radius 2 is 0.871 bits per heavy atom. The molecule has 2 unspecified atom stereocenters. The number of nitrogens with zero attached hydrogens (tertiary/aromatic N) is 2. The van der Waals surface area contributed by atoms with Crippen LogP contribution in [0.4, 0.5) is 11.4 Å². The standard InChI is InChI=1S/2C29H31N3O2S/c2*33-28(19-8-2-1-3-9-19)31-25-13-7-5-11-22(25)29(34)32-16-14-23-26(20-15-17-35-18-20)30-24-12-6-4-10-21(24)27(23)32/h2*1-4,6,8-10,12,15,17-18,22-23,25-27,30H,5,7,11,13-14,16H2,(H,31,33)/t22-,23+,25?,26-,27-;22-,23-,25?,26+,27+/m00/s1. The summed E-state index contributed by atoms with van der Waals surface area (Å²) in [5.74, 6) is 0.578. The summed E-state index contributed by atoms with van der Waals surface area (Å²) in [5, 5.41) is 22.7. The second-order valence-electron chi connectivity index (χ2n) is 20.1. The molecule has 0 bridgehead atoms. The molecule has 12 rings (SSSR count). The van der Waals surface area contributed by atoms with E-state index in [1.54, 1.807) is 22.7 Å². The lowest BCUT2D eigenvalue weighted by molar-refractivity contribution is -0.139. The van der Waals surface area contributed by atoms with E-state index in [-0.39, 0.29) is 71.7 Å². The fourth-order valence-corrected chi connectivity index (χ4v) is 14.2. The summed E-state index contributed by atoms with van der Waals surface area (Å²) < 4.78 is 0. The Morgan fingerprint density at radius 1 is 0.471 bits per heavy atom. The minimum atomic E-state index is -0.170. The molecule has 360 valence electrons. The third kappa shape index (κ3) is 9.16.